The molecule has 104 valence electrons. The van der Waals surface area contributed by atoms with Crippen LogP contribution in [0.1, 0.15) is 28.9 Å². The topological polar surface area (TPSA) is 97.1 Å². The normalized spacial score (nSPS) is 11.8. The molecular weight excluding hydrogens is 260 g/mol. The first-order valence-corrected chi connectivity index (χ1v) is 6.02. The van der Waals surface area contributed by atoms with Crippen molar-refractivity contribution in [2.75, 3.05) is 0 Å². The minimum absolute atomic E-state index is 0.195. The van der Waals surface area contributed by atoms with Crippen LogP contribution >= 0.6 is 0 Å². The summed E-state index contributed by atoms with van der Waals surface area (Å²) in [6.45, 7) is 1.97. The molecule has 0 aliphatic carbocycles. The highest BCUT2D eigenvalue weighted by Gasteiger charge is 2.14. The summed E-state index contributed by atoms with van der Waals surface area (Å²) in [7, 11) is 0. The van der Waals surface area contributed by atoms with Gasteiger partial charge >= 0.3 is 5.97 Å². The minimum atomic E-state index is -0.992. The van der Waals surface area contributed by atoms with Gasteiger partial charge in [-0.25, -0.2) is 14.5 Å². The van der Waals surface area contributed by atoms with Crippen molar-refractivity contribution in [1.29, 1.82) is 0 Å². The van der Waals surface area contributed by atoms with E-state index in [0.29, 0.717) is 0 Å². The summed E-state index contributed by atoms with van der Waals surface area (Å²) in [5.74, 6) is -1.20. The van der Waals surface area contributed by atoms with Gasteiger partial charge in [0, 0.05) is 6.54 Å². The molecule has 2 aromatic rings. The van der Waals surface area contributed by atoms with Crippen molar-refractivity contribution in [1.82, 2.24) is 20.1 Å². The number of amides is 1. The predicted octanol–water partition coefficient (Wildman–Crippen LogP) is 0.854. The zero-order valence-electron chi connectivity index (χ0n) is 10.9. The number of carboxylic acid groups (broad SMARTS) is 1. The van der Waals surface area contributed by atoms with Crippen LogP contribution in [-0.4, -0.2) is 31.7 Å². The van der Waals surface area contributed by atoms with Crippen molar-refractivity contribution >= 4 is 11.9 Å². The molecule has 0 fully saturated rings. The van der Waals surface area contributed by atoms with E-state index in [0.717, 1.165) is 5.56 Å². The third-order valence-electron chi connectivity index (χ3n) is 2.85. The van der Waals surface area contributed by atoms with E-state index in [9.17, 15) is 9.59 Å². The second-order valence-electron chi connectivity index (χ2n) is 4.27. The van der Waals surface area contributed by atoms with Gasteiger partial charge in [-0.05, 0) is 24.6 Å². The Morgan fingerprint density at radius 2 is 2.25 bits per heavy atom. The van der Waals surface area contributed by atoms with Crippen LogP contribution in [0.5, 0.6) is 0 Å². The Balaban J connectivity index is 1.96. The van der Waals surface area contributed by atoms with Crippen molar-refractivity contribution in [3.8, 4) is 0 Å². The van der Waals surface area contributed by atoms with E-state index in [2.05, 4.69) is 15.4 Å². The van der Waals surface area contributed by atoms with Crippen LogP contribution in [0.4, 0.5) is 0 Å². The van der Waals surface area contributed by atoms with Gasteiger partial charge in [0.1, 0.15) is 18.7 Å². The number of aromatic nitrogens is 3. The van der Waals surface area contributed by atoms with Crippen LogP contribution < -0.4 is 5.32 Å². The number of benzene rings is 1. The summed E-state index contributed by atoms with van der Waals surface area (Å²) in [5, 5.41) is 15.5. The van der Waals surface area contributed by atoms with Crippen molar-refractivity contribution in [3.05, 3.63) is 48.0 Å². The number of hydrogen-bond donors (Lipinski definition) is 2. The van der Waals surface area contributed by atoms with Gasteiger partial charge < -0.3 is 10.4 Å². The number of aromatic carboxylic acids is 1. The number of nitrogens with zero attached hydrogens (tertiary/aromatic N) is 3. The standard InChI is InChI=1S/C13H14N4O3/c1-9(17-8-14-7-16-17)12(18)15-6-10-3-2-4-11(5-10)13(19)20/h2-5,7-9H,6H2,1H3,(H,15,18)(H,19,20). The quantitative estimate of drug-likeness (QED) is 0.842. The second kappa shape index (κ2) is 5.96. The lowest BCUT2D eigenvalue weighted by Gasteiger charge is -2.12. The fourth-order valence-corrected chi connectivity index (χ4v) is 1.69. The Morgan fingerprint density at radius 1 is 1.45 bits per heavy atom. The molecule has 1 aromatic heterocycles. The first kappa shape index (κ1) is 13.7. The Labute approximate surface area is 115 Å². The van der Waals surface area contributed by atoms with E-state index in [1.807, 2.05) is 0 Å². The maximum atomic E-state index is 11.9. The second-order valence-corrected chi connectivity index (χ2v) is 4.27. The number of hydrogen-bond acceptors (Lipinski definition) is 4. The SMILES string of the molecule is CC(C(=O)NCc1cccc(C(=O)O)c1)n1cncn1. The smallest absolute Gasteiger partial charge is 0.335 e. The molecule has 1 unspecified atom stereocenters. The number of rotatable bonds is 5. The molecular formula is C13H14N4O3. The molecule has 20 heavy (non-hydrogen) atoms. The highest BCUT2D eigenvalue weighted by atomic mass is 16.4. The van der Waals surface area contributed by atoms with Gasteiger partial charge in [0.05, 0.1) is 5.56 Å². The molecule has 0 saturated carbocycles. The summed E-state index contributed by atoms with van der Waals surface area (Å²) in [6, 6.07) is 5.97. The first-order valence-electron chi connectivity index (χ1n) is 6.02. The van der Waals surface area contributed by atoms with Crippen LogP contribution in [0.15, 0.2) is 36.9 Å². The summed E-state index contributed by atoms with van der Waals surface area (Å²) in [4.78, 5) is 26.5. The zero-order valence-corrected chi connectivity index (χ0v) is 10.9. The molecule has 0 spiro atoms. The Kier molecular flexibility index (Phi) is 4.09. The molecule has 0 radical (unpaired) electrons. The molecule has 0 bridgehead atoms. The van der Waals surface area contributed by atoms with E-state index in [1.165, 1.54) is 29.5 Å². The molecule has 7 nitrogen and oxygen atoms in total. The van der Waals surface area contributed by atoms with Gasteiger partial charge in [-0.1, -0.05) is 12.1 Å². The van der Waals surface area contributed by atoms with E-state index in [1.54, 1.807) is 19.1 Å². The molecule has 1 aromatic carbocycles. The molecule has 1 heterocycles. The van der Waals surface area contributed by atoms with Gasteiger partial charge in [-0.3, -0.25) is 4.79 Å². The molecule has 1 amide bonds. The fourth-order valence-electron chi connectivity index (χ4n) is 1.69. The number of nitrogens with one attached hydrogen (secondary N) is 1. The maximum absolute atomic E-state index is 11.9. The lowest BCUT2D eigenvalue weighted by molar-refractivity contribution is -0.124. The number of carbonyl (C=O) groups excluding carboxylic acids is 1. The highest BCUT2D eigenvalue weighted by molar-refractivity contribution is 5.87. The Morgan fingerprint density at radius 3 is 2.90 bits per heavy atom. The minimum Gasteiger partial charge on any atom is -0.478 e. The van der Waals surface area contributed by atoms with E-state index < -0.39 is 12.0 Å². The monoisotopic (exact) mass is 274 g/mol. The molecule has 2 N–H and O–H groups in total. The molecule has 0 aliphatic heterocycles. The van der Waals surface area contributed by atoms with E-state index >= 15 is 0 Å². The molecule has 2 rings (SSSR count). The average molecular weight is 274 g/mol. The molecule has 0 aliphatic rings. The van der Waals surface area contributed by atoms with Crippen LogP contribution in [-0.2, 0) is 11.3 Å². The molecule has 1 atom stereocenters. The van der Waals surface area contributed by atoms with Gasteiger partial charge in [0.15, 0.2) is 0 Å². The maximum Gasteiger partial charge on any atom is 0.335 e. The highest BCUT2D eigenvalue weighted by Crippen LogP contribution is 2.07. The van der Waals surface area contributed by atoms with Crippen LogP contribution in [0.25, 0.3) is 0 Å². The molecule has 7 heteroatoms. The van der Waals surface area contributed by atoms with Crippen LogP contribution in [0, 0.1) is 0 Å². The van der Waals surface area contributed by atoms with Gasteiger partial charge in [-0.2, -0.15) is 5.10 Å². The lowest BCUT2D eigenvalue weighted by atomic mass is 10.1. The zero-order chi connectivity index (χ0) is 14.5. The third-order valence-corrected chi connectivity index (χ3v) is 2.85. The summed E-state index contributed by atoms with van der Waals surface area (Å²) in [5.41, 5.74) is 0.921. The third kappa shape index (κ3) is 3.19. The van der Waals surface area contributed by atoms with Crippen LogP contribution in [0.2, 0.25) is 0 Å². The fraction of sp³-hybridized carbons (Fsp3) is 0.231. The summed E-state index contributed by atoms with van der Waals surface area (Å²) >= 11 is 0. The van der Waals surface area contributed by atoms with Gasteiger partial charge in [0.25, 0.3) is 0 Å². The average Bonchev–Trinajstić information content (AvgIpc) is 2.98. The largest absolute Gasteiger partial charge is 0.478 e. The summed E-state index contributed by atoms with van der Waals surface area (Å²) < 4.78 is 1.45. The Bertz CT molecular complexity index is 610. The molecule has 0 saturated heterocycles. The van der Waals surface area contributed by atoms with Crippen LogP contribution in [0.3, 0.4) is 0 Å². The van der Waals surface area contributed by atoms with Crippen molar-refractivity contribution in [2.24, 2.45) is 0 Å². The van der Waals surface area contributed by atoms with Gasteiger partial charge in [0.2, 0.25) is 5.91 Å². The number of carboxylic acids is 1. The van der Waals surface area contributed by atoms with E-state index in [-0.39, 0.29) is 18.0 Å². The Hall–Kier alpha value is -2.70. The van der Waals surface area contributed by atoms with Crippen molar-refractivity contribution in [3.63, 3.8) is 0 Å². The number of carbonyl (C=O) groups is 2. The van der Waals surface area contributed by atoms with Crippen molar-refractivity contribution < 1.29 is 14.7 Å². The first-order chi connectivity index (χ1) is 9.58. The summed E-state index contributed by atoms with van der Waals surface area (Å²) in [6.07, 6.45) is 2.83. The van der Waals surface area contributed by atoms with Crippen molar-refractivity contribution in [2.45, 2.75) is 19.5 Å². The lowest BCUT2D eigenvalue weighted by Crippen LogP contribution is -2.30. The predicted molar refractivity (Wildman–Crippen MR) is 70.0 cm³/mol. The van der Waals surface area contributed by atoms with Gasteiger partial charge in [-0.15, -0.1) is 0 Å². The van der Waals surface area contributed by atoms with E-state index in [4.69, 9.17) is 5.11 Å².